The summed E-state index contributed by atoms with van der Waals surface area (Å²) in [6, 6.07) is 8.11. The van der Waals surface area contributed by atoms with Crippen molar-refractivity contribution in [3.63, 3.8) is 0 Å². The molecule has 1 N–H and O–H groups in total. The molecular weight excluding hydrogens is 667 g/mol. The number of carbonyl (C=O) groups is 1. The highest BCUT2D eigenvalue weighted by atomic mass is 35.5. The minimum atomic E-state index is -0.932. The first-order valence-corrected chi connectivity index (χ1v) is 17.8. The number of hydrogen-bond donors (Lipinski definition) is 1. The molecule has 0 spiro atoms. The van der Waals surface area contributed by atoms with Gasteiger partial charge >= 0.3 is 6.01 Å². The molecule has 1 unspecified atom stereocenters. The molecule has 4 saturated heterocycles. The van der Waals surface area contributed by atoms with Crippen molar-refractivity contribution in [3.8, 4) is 17.3 Å². The molecule has 4 fully saturated rings. The summed E-state index contributed by atoms with van der Waals surface area (Å²) in [7, 11) is 1.86. The van der Waals surface area contributed by atoms with Crippen LogP contribution in [0.4, 0.5) is 19.0 Å². The number of fused-ring (bicyclic) bond motifs is 3. The van der Waals surface area contributed by atoms with E-state index >= 15 is 4.39 Å². The van der Waals surface area contributed by atoms with Crippen molar-refractivity contribution >= 4 is 45.0 Å². The van der Waals surface area contributed by atoms with Gasteiger partial charge in [0, 0.05) is 68.4 Å². The third-order valence-corrected chi connectivity index (χ3v) is 11.4. The summed E-state index contributed by atoms with van der Waals surface area (Å²) in [5.41, 5.74) is -0.177. The maximum absolute atomic E-state index is 16.8. The van der Waals surface area contributed by atoms with E-state index in [1.807, 2.05) is 22.9 Å². The first-order chi connectivity index (χ1) is 24.2. The lowest BCUT2D eigenvalue weighted by Gasteiger charge is -2.31. The molecule has 0 bridgehead atoms. The van der Waals surface area contributed by atoms with Gasteiger partial charge in [0.25, 0.3) is 0 Å². The second-order valence-corrected chi connectivity index (χ2v) is 14.4. The molecule has 9 nitrogen and oxygen atoms in total. The van der Waals surface area contributed by atoms with Gasteiger partial charge in [-0.05, 0) is 56.6 Å². The Labute approximate surface area is 293 Å². The molecule has 262 valence electrons. The van der Waals surface area contributed by atoms with Crippen molar-refractivity contribution < 1.29 is 22.7 Å². The molecule has 1 amide bonds. The summed E-state index contributed by atoms with van der Waals surface area (Å²) in [5.74, 6) is -0.980. The van der Waals surface area contributed by atoms with E-state index in [1.54, 1.807) is 30.3 Å². The zero-order valence-corrected chi connectivity index (χ0v) is 28.6. The smallest absolute Gasteiger partial charge is 0.319 e. The molecule has 4 aliphatic heterocycles. The fraction of sp³-hybridized carbons (Fsp3) is 0.459. The Balaban J connectivity index is 1.16. The van der Waals surface area contributed by atoms with Crippen LogP contribution in [0.5, 0.6) is 6.01 Å². The Morgan fingerprint density at radius 3 is 2.88 bits per heavy atom. The molecule has 2 aromatic heterocycles. The fourth-order valence-corrected chi connectivity index (χ4v) is 8.58. The molecular formula is C37H39ClF3N7O2. The third kappa shape index (κ3) is 5.94. The molecule has 0 aliphatic carbocycles. The SMILES string of the molecule is CN(c1nc(OC[C@@]23CCCN2C[C@H](F)C3)nc2c(F)c(-c3cccc4ccc(F)c(Cl)c34)ncc12)[C@@H]1CCN(C(=O)/C=C/C2CCCN2)C1. The van der Waals surface area contributed by atoms with Crippen molar-refractivity contribution in [2.75, 3.05) is 51.3 Å². The molecule has 4 atom stereocenters. The highest BCUT2D eigenvalue weighted by molar-refractivity contribution is 6.36. The van der Waals surface area contributed by atoms with Crippen LogP contribution in [0.2, 0.25) is 5.02 Å². The number of nitrogens with zero attached hydrogens (tertiary/aromatic N) is 6. The Kier molecular flexibility index (Phi) is 8.81. The monoisotopic (exact) mass is 705 g/mol. The largest absolute Gasteiger partial charge is 0.461 e. The zero-order chi connectivity index (χ0) is 34.6. The van der Waals surface area contributed by atoms with Gasteiger partial charge in [-0.15, -0.1) is 0 Å². The van der Waals surface area contributed by atoms with Gasteiger partial charge < -0.3 is 19.9 Å². The number of halogens is 4. The quantitative estimate of drug-likeness (QED) is 0.221. The number of rotatable bonds is 8. The topological polar surface area (TPSA) is 86.7 Å². The van der Waals surface area contributed by atoms with E-state index in [9.17, 15) is 13.6 Å². The zero-order valence-electron chi connectivity index (χ0n) is 27.8. The normalized spacial score (nSPS) is 25.4. The predicted octanol–water partition coefficient (Wildman–Crippen LogP) is 6.08. The first-order valence-electron chi connectivity index (χ1n) is 17.4. The predicted molar refractivity (Wildman–Crippen MR) is 187 cm³/mol. The van der Waals surface area contributed by atoms with Gasteiger partial charge in [0.2, 0.25) is 5.91 Å². The van der Waals surface area contributed by atoms with Crippen LogP contribution in [0.25, 0.3) is 32.9 Å². The number of anilines is 1. The van der Waals surface area contributed by atoms with Crippen molar-refractivity contribution in [1.29, 1.82) is 0 Å². The number of nitrogens with one attached hydrogen (secondary N) is 1. The average molecular weight is 706 g/mol. The Morgan fingerprint density at radius 1 is 1.16 bits per heavy atom. The number of benzene rings is 2. The maximum atomic E-state index is 16.8. The number of alkyl halides is 1. The summed E-state index contributed by atoms with van der Waals surface area (Å²) >= 11 is 6.42. The van der Waals surface area contributed by atoms with E-state index in [0.717, 1.165) is 38.8 Å². The van der Waals surface area contributed by atoms with Crippen LogP contribution >= 0.6 is 11.6 Å². The third-order valence-electron chi connectivity index (χ3n) is 11.0. The van der Waals surface area contributed by atoms with Crippen LogP contribution in [0.15, 0.2) is 48.7 Å². The van der Waals surface area contributed by atoms with Gasteiger partial charge in [-0.2, -0.15) is 9.97 Å². The van der Waals surface area contributed by atoms with E-state index in [0.29, 0.717) is 60.0 Å². The van der Waals surface area contributed by atoms with Crippen LogP contribution < -0.4 is 15.0 Å². The highest BCUT2D eigenvalue weighted by Gasteiger charge is 2.49. The van der Waals surface area contributed by atoms with Crippen molar-refractivity contribution in [2.45, 2.75) is 62.3 Å². The number of hydrogen-bond acceptors (Lipinski definition) is 8. The van der Waals surface area contributed by atoms with Gasteiger partial charge in [0.05, 0.1) is 15.9 Å². The molecule has 13 heteroatoms. The van der Waals surface area contributed by atoms with Crippen LogP contribution in [0.3, 0.4) is 0 Å². The average Bonchev–Trinajstić information content (AvgIpc) is 3.93. The minimum Gasteiger partial charge on any atom is -0.461 e. The van der Waals surface area contributed by atoms with E-state index in [1.165, 1.54) is 12.3 Å². The van der Waals surface area contributed by atoms with E-state index in [2.05, 4.69) is 20.2 Å². The van der Waals surface area contributed by atoms with Crippen LogP contribution in [-0.2, 0) is 4.79 Å². The molecule has 0 saturated carbocycles. The Hall–Kier alpha value is -4.00. The maximum Gasteiger partial charge on any atom is 0.319 e. The second kappa shape index (κ2) is 13.3. The van der Waals surface area contributed by atoms with Crippen molar-refractivity contribution in [1.82, 2.24) is 30.1 Å². The number of amides is 1. The molecule has 4 aliphatic rings. The minimum absolute atomic E-state index is 0.0140. The van der Waals surface area contributed by atoms with E-state index in [4.69, 9.17) is 21.3 Å². The first kappa shape index (κ1) is 33.2. The number of likely N-dealkylation sites (tertiary alicyclic amines) is 1. The summed E-state index contributed by atoms with van der Waals surface area (Å²) in [4.78, 5) is 32.9. The van der Waals surface area contributed by atoms with Crippen LogP contribution in [0.1, 0.15) is 38.5 Å². The van der Waals surface area contributed by atoms with E-state index < -0.39 is 23.3 Å². The molecule has 8 rings (SSSR count). The molecule has 6 heterocycles. The molecule has 2 aromatic carbocycles. The Morgan fingerprint density at radius 2 is 2.04 bits per heavy atom. The molecule has 4 aromatic rings. The van der Waals surface area contributed by atoms with Gasteiger partial charge in [-0.25, -0.2) is 13.2 Å². The van der Waals surface area contributed by atoms with E-state index in [-0.39, 0.29) is 46.8 Å². The number of aromatic nitrogens is 3. The fourth-order valence-electron chi connectivity index (χ4n) is 8.31. The second-order valence-electron chi connectivity index (χ2n) is 14.0. The Bertz CT molecular complexity index is 1990. The molecule has 0 radical (unpaired) electrons. The lowest BCUT2D eigenvalue weighted by Crippen LogP contribution is -2.43. The number of likely N-dealkylation sites (N-methyl/N-ethyl adjacent to an activating group) is 1. The van der Waals surface area contributed by atoms with Gasteiger partial charge in [0.15, 0.2) is 5.82 Å². The molecule has 50 heavy (non-hydrogen) atoms. The standard InChI is InChI=1S/C37H39ClF3N7O2/c1-46(25-12-16-47(20-25)29(49)11-9-24-6-3-14-42-24)35-27-18-43-33(26-7-2-5-22-8-10-28(40)31(38)30(22)26)32(41)34(27)44-36(45-35)50-21-37-13-4-15-48(37)19-23(39)17-37/h2,5,7-11,18,23-25,42H,3-4,6,12-17,19-21H2,1H3/b11-9+/t23-,24?,25-,37+/m1/s1. The summed E-state index contributed by atoms with van der Waals surface area (Å²) < 4.78 is 52.2. The number of ether oxygens (including phenoxy) is 1. The van der Waals surface area contributed by atoms with Crippen LogP contribution in [-0.4, -0.2) is 101 Å². The van der Waals surface area contributed by atoms with Gasteiger partial charge in [0.1, 0.15) is 35.6 Å². The van der Waals surface area contributed by atoms with Crippen LogP contribution in [0, 0.1) is 11.6 Å². The number of carbonyl (C=O) groups excluding carboxylic acids is 1. The summed E-state index contributed by atoms with van der Waals surface area (Å²) in [6.07, 6.45) is 9.10. The highest BCUT2D eigenvalue weighted by Crippen LogP contribution is 2.42. The van der Waals surface area contributed by atoms with Gasteiger partial charge in [-0.3, -0.25) is 14.7 Å². The van der Waals surface area contributed by atoms with Crippen molar-refractivity contribution in [2.24, 2.45) is 0 Å². The summed E-state index contributed by atoms with van der Waals surface area (Å²) in [6.45, 7) is 3.34. The number of pyridine rings is 1. The lowest BCUT2D eigenvalue weighted by atomic mass is 9.95. The van der Waals surface area contributed by atoms with Gasteiger partial charge in [-0.1, -0.05) is 41.9 Å². The summed E-state index contributed by atoms with van der Waals surface area (Å²) in [5, 5.41) is 4.60. The lowest BCUT2D eigenvalue weighted by molar-refractivity contribution is -0.125. The van der Waals surface area contributed by atoms with Crippen molar-refractivity contribution in [3.05, 3.63) is 65.3 Å².